The van der Waals surface area contributed by atoms with Crippen LogP contribution in [-0.4, -0.2) is 14.1 Å². The van der Waals surface area contributed by atoms with Crippen molar-refractivity contribution in [3.05, 3.63) is 43.5 Å². The molecule has 4 nitrogen and oxygen atoms in total. The van der Waals surface area contributed by atoms with E-state index in [1.54, 1.807) is 0 Å². The lowest BCUT2D eigenvalue weighted by Crippen LogP contribution is -2.18. The highest BCUT2D eigenvalue weighted by atomic mass is 32.1. The molecule has 92 valence electrons. The molecule has 0 atom stereocenters. The average Bonchev–Trinajstić information content (AvgIpc) is 2.29. The Kier molecular flexibility index (Phi) is 3.83. The van der Waals surface area contributed by atoms with E-state index in [1.165, 1.54) is 0 Å². The fraction of sp³-hybridized carbons (Fsp3) is 0.417. The van der Waals surface area contributed by atoms with E-state index in [2.05, 4.69) is 0 Å². The van der Waals surface area contributed by atoms with Crippen LogP contribution < -0.4 is 0 Å². The molecule has 17 heavy (non-hydrogen) atoms. The standard InChI is InChI=1S/C12H15NO3S/c1-6-7(2)9(4)11(10(5)8(6)3)12(17-16)13(14)15/h1-5H3. The van der Waals surface area contributed by atoms with Crippen molar-refractivity contribution < 1.29 is 9.13 Å². The Morgan fingerprint density at radius 1 is 0.941 bits per heavy atom. The molecule has 0 bridgehead atoms. The summed E-state index contributed by atoms with van der Waals surface area (Å²) in [6.07, 6.45) is 0. The van der Waals surface area contributed by atoms with E-state index >= 15 is 0 Å². The van der Waals surface area contributed by atoms with Crippen LogP contribution in [0.1, 0.15) is 33.4 Å². The van der Waals surface area contributed by atoms with Crippen molar-refractivity contribution in [2.45, 2.75) is 34.6 Å². The van der Waals surface area contributed by atoms with E-state index in [9.17, 15) is 14.3 Å². The summed E-state index contributed by atoms with van der Waals surface area (Å²) in [5.41, 5.74) is 5.27. The van der Waals surface area contributed by atoms with Gasteiger partial charge in [0.25, 0.3) is 0 Å². The van der Waals surface area contributed by atoms with Crippen LogP contribution in [0.15, 0.2) is 0 Å². The Bertz CT molecular complexity index is 528. The zero-order chi connectivity index (χ0) is 13.3. The van der Waals surface area contributed by atoms with Gasteiger partial charge in [-0.2, -0.15) is 0 Å². The first kappa shape index (κ1) is 13.6. The highest BCUT2D eigenvalue weighted by Crippen LogP contribution is 2.26. The zero-order valence-corrected chi connectivity index (χ0v) is 11.4. The quantitative estimate of drug-likeness (QED) is 0.438. The Balaban J connectivity index is 3.78. The van der Waals surface area contributed by atoms with Crippen LogP contribution in [0.25, 0.3) is 0 Å². The minimum Gasteiger partial charge on any atom is -0.257 e. The Morgan fingerprint density at radius 2 is 1.29 bits per heavy atom. The molecule has 0 amide bonds. The zero-order valence-electron chi connectivity index (χ0n) is 10.6. The summed E-state index contributed by atoms with van der Waals surface area (Å²) in [4.78, 5) is 9.98. The molecule has 1 aromatic carbocycles. The SMILES string of the molecule is Cc1c(C)c(C)c(C(=S=O)[N+](=O)[O-])c(C)c1C. The second-order valence-electron chi connectivity index (χ2n) is 4.15. The van der Waals surface area contributed by atoms with Gasteiger partial charge in [0.15, 0.2) is 11.3 Å². The average molecular weight is 253 g/mol. The third kappa shape index (κ3) is 2.15. The molecule has 0 radical (unpaired) electrons. The van der Waals surface area contributed by atoms with Crippen molar-refractivity contribution in [2.75, 3.05) is 0 Å². The molecule has 5 heteroatoms. The van der Waals surface area contributed by atoms with Gasteiger partial charge in [0.2, 0.25) is 0 Å². The van der Waals surface area contributed by atoms with Crippen LogP contribution in [-0.2, 0) is 11.3 Å². The van der Waals surface area contributed by atoms with E-state index in [1.807, 2.05) is 34.6 Å². The summed E-state index contributed by atoms with van der Waals surface area (Å²) in [5.74, 6) is 0. The van der Waals surface area contributed by atoms with Crippen LogP contribution in [0.3, 0.4) is 0 Å². The largest absolute Gasteiger partial charge is 0.368 e. The van der Waals surface area contributed by atoms with Gasteiger partial charge in [-0.3, -0.25) is 10.1 Å². The molecule has 0 saturated carbocycles. The van der Waals surface area contributed by atoms with Gasteiger partial charge in [-0.25, -0.2) is 4.21 Å². The smallest absolute Gasteiger partial charge is 0.257 e. The molecule has 0 heterocycles. The van der Waals surface area contributed by atoms with Gasteiger partial charge in [0, 0.05) is 0 Å². The summed E-state index contributed by atoms with van der Waals surface area (Å²) in [5, 5.41) is 10.9. The molecule has 0 aromatic heterocycles. The predicted molar refractivity (Wildman–Crippen MR) is 69.4 cm³/mol. The first-order valence-electron chi connectivity index (χ1n) is 5.21. The summed E-state index contributed by atoms with van der Waals surface area (Å²) in [7, 11) is 0. The number of hydrogen-bond acceptors (Lipinski definition) is 3. The van der Waals surface area contributed by atoms with Crippen molar-refractivity contribution in [2.24, 2.45) is 0 Å². The molecule has 0 aliphatic heterocycles. The fourth-order valence-corrected chi connectivity index (χ4v) is 2.43. The predicted octanol–water partition coefficient (Wildman–Crippen LogP) is 2.20. The number of hydrogen-bond donors (Lipinski definition) is 0. The van der Waals surface area contributed by atoms with Gasteiger partial charge < -0.3 is 0 Å². The maximum absolute atomic E-state index is 10.9. The molecule has 0 spiro atoms. The number of nitro groups is 1. The highest BCUT2D eigenvalue weighted by Gasteiger charge is 2.24. The topological polar surface area (TPSA) is 60.2 Å². The van der Waals surface area contributed by atoms with Crippen LogP contribution in [0.2, 0.25) is 0 Å². The maximum atomic E-state index is 10.9. The van der Waals surface area contributed by atoms with E-state index in [4.69, 9.17) is 0 Å². The maximum Gasteiger partial charge on any atom is 0.368 e. The van der Waals surface area contributed by atoms with Gasteiger partial charge in [-0.05, 0) is 62.4 Å². The lowest BCUT2D eigenvalue weighted by molar-refractivity contribution is -0.344. The second kappa shape index (κ2) is 4.79. The fourth-order valence-electron chi connectivity index (χ4n) is 1.98. The van der Waals surface area contributed by atoms with Crippen molar-refractivity contribution >= 4 is 16.2 Å². The Labute approximate surface area is 104 Å². The van der Waals surface area contributed by atoms with Crippen LogP contribution in [0.4, 0.5) is 0 Å². The number of rotatable bonds is 1. The van der Waals surface area contributed by atoms with Gasteiger partial charge in [-0.1, -0.05) is 0 Å². The molecule has 0 aliphatic rings. The lowest BCUT2D eigenvalue weighted by atomic mass is 9.89. The van der Waals surface area contributed by atoms with Gasteiger partial charge in [0.1, 0.15) is 0 Å². The minimum absolute atomic E-state index is 0.0497. The van der Waals surface area contributed by atoms with E-state index in [-0.39, 0.29) is 16.2 Å². The molecule has 0 saturated heterocycles. The monoisotopic (exact) mass is 253 g/mol. The molecule has 0 N–H and O–H groups in total. The van der Waals surface area contributed by atoms with Crippen LogP contribution >= 0.6 is 0 Å². The van der Waals surface area contributed by atoms with Crippen LogP contribution in [0.5, 0.6) is 0 Å². The number of nitrogens with zero attached hydrogens (tertiary/aromatic N) is 1. The Hall–Kier alpha value is -1.49. The molecule has 1 rings (SSSR count). The molecular formula is C12H15NO3S. The summed E-state index contributed by atoms with van der Waals surface area (Å²) >= 11 is -0.0497. The molecular weight excluding hydrogens is 238 g/mol. The van der Waals surface area contributed by atoms with E-state index < -0.39 is 4.92 Å². The second-order valence-corrected chi connectivity index (χ2v) is 4.70. The summed E-state index contributed by atoms with van der Waals surface area (Å²) in [6, 6.07) is 0. The summed E-state index contributed by atoms with van der Waals surface area (Å²) < 4.78 is 10.9. The lowest BCUT2D eigenvalue weighted by Gasteiger charge is -2.15. The third-order valence-corrected chi connectivity index (χ3v) is 3.97. The van der Waals surface area contributed by atoms with Gasteiger partial charge >= 0.3 is 4.99 Å². The van der Waals surface area contributed by atoms with Crippen molar-refractivity contribution in [3.63, 3.8) is 0 Å². The van der Waals surface area contributed by atoms with Crippen LogP contribution in [0, 0.1) is 44.7 Å². The van der Waals surface area contributed by atoms with E-state index in [0.717, 1.165) is 27.8 Å². The molecule has 0 aliphatic carbocycles. The number of benzene rings is 1. The molecule has 0 unspecified atom stereocenters. The normalized spacial score (nSPS) is 10.2. The molecule has 1 aromatic rings. The first-order chi connectivity index (χ1) is 7.82. The van der Waals surface area contributed by atoms with Gasteiger partial charge in [0.05, 0.1) is 10.5 Å². The molecule has 0 fully saturated rings. The highest BCUT2D eigenvalue weighted by molar-refractivity contribution is 7.66. The minimum atomic E-state index is -0.596. The third-order valence-electron chi connectivity index (χ3n) is 3.46. The first-order valence-corrected chi connectivity index (χ1v) is 5.95. The van der Waals surface area contributed by atoms with E-state index in [0.29, 0.717) is 5.56 Å². The van der Waals surface area contributed by atoms with Crippen molar-refractivity contribution in [1.29, 1.82) is 0 Å². The Morgan fingerprint density at radius 3 is 1.59 bits per heavy atom. The van der Waals surface area contributed by atoms with Gasteiger partial charge in [-0.15, -0.1) is 0 Å². The summed E-state index contributed by atoms with van der Waals surface area (Å²) in [6.45, 7) is 9.49. The van der Waals surface area contributed by atoms with Crippen molar-refractivity contribution in [3.8, 4) is 0 Å². The van der Waals surface area contributed by atoms with Crippen molar-refractivity contribution in [1.82, 2.24) is 0 Å².